The van der Waals surface area contributed by atoms with E-state index in [1.54, 1.807) is 5.56 Å². The Bertz CT molecular complexity index is 341. The summed E-state index contributed by atoms with van der Waals surface area (Å²) in [5.74, 6) is 0. The van der Waals surface area contributed by atoms with Crippen LogP contribution in [0, 0.1) is 26.2 Å². The van der Waals surface area contributed by atoms with Crippen molar-refractivity contribution in [3.05, 3.63) is 34.4 Å². The van der Waals surface area contributed by atoms with Crippen molar-refractivity contribution in [1.82, 2.24) is 0 Å². The molecule has 0 fully saturated rings. The molecule has 0 N–H and O–H groups in total. The summed E-state index contributed by atoms with van der Waals surface area (Å²) >= 11 is 3.59. The molecule has 0 amide bonds. The van der Waals surface area contributed by atoms with Crippen LogP contribution in [0.25, 0.3) is 0 Å². The van der Waals surface area contributed by atoms with Crippen molar-refractivity contribution in [1.29, 1.82) is 0 Å². The molecule has 0 saturated carbocycles. The van der Waals surface area contributed by atoms with E-state index in [9.17, 15) is 0 Å². The monoisotopic (exact) mass is 282 g/mol. The van der Waals surface area contributed by atoms with Gasteiger partial charge in [0.05, 0.1) is 0 Å². The van der Waals surface area contributed by atoms with Gasteiger partial charge < -0.3 is 0 Å². The third kappa shape index (κ3) is 3.62. The SMILES string of the molecule is Cc1cc(C)c(CCC(C)(C)CBr)c(C)c1. The molecule has 0 bridgehead atoms. The highest BCUT2D eigenvalue weighted by Crippen LogP contribution is 2.27. The quantitative estimate of drug-likeness (QED) is 0.685. The van der Waals surface area contributed by atoms with Gasteiger partial charge in [0.1, 0.15) is 0 Å². The summed E-state index contributed by atoms with van der Waals surface area (Å²) in [6.07, 6.45) is 2.43. The van der Waals surface area contributed by atoms with Gasteiger partial charge >= 0.3 is 0 Å². The third-order valence-corrected chi connectivity index (χ3v) is 4.77. The predicted octanol–water partition coefficient (Wildman–Crippen LogP) is 4.97. The molecule has 0 heterocycles. The fraction of sp³-hybridized carbons (Fsp3) is 0.600. The lowest BCUT2D eigenvalue weighted by molar-refractivity contribution is 0.390. The van der Waals surface area contributed by atoms with Crippen molar-refractivity contribution in [3.8, 4) is 0 Å². The van der Waals surface area contributed by atoms with E-state index in [-0.39, 0.29) is 0 Å². The second kappa shape index (κ2) is 5.35. The minimum Gasteiger partial charge on any atom is -0.0922 e. The lowest BCUT2D eigenvalue weighted by Gasteiger charge is -2.22. The van der Waals surface area contributed by atoms with E-state index < -0.39 is 0 Å². The predicted molar refractivity (Wildman–Crippen MR) is 76.5 cm³/mol. The molecule has 0 atom stereocenters. The van der Waals surface area contributed by atoms with Gasteiger partial charge in [0.25, 0.3) is 0 Å². The first-order valence-corrected chi connectivity index (χ1v) is 7.10. The zero-order valence-corrected chi connectivity index (χ0v) is 12.7. The minimum absolute atomic E-state index is 0.393. The number of hydrogen-bond acceptors (Lipinski definition) is 0. The summed E-state index contributed by atoms with van der Waals surface area (Å²) in [5, 5.41) is 1.07. The third-order valence-electron chi connectivity index (χ3n) is 3.25. The van der Waals surface area contributed by atoms with Gasteiger partial charge in [-0.1, -0.05) is 47.5 Å². The van der Waals surface area contributed by atoms with Crippen LogP contribution in [0.15, 0.2) is 12.1 Å². The molecule has 0 unspecified atom stereocenters. The highest BCUT2D eigenvalue weighted by molar-refractivity contribution is 9.09. The van der Waals surface area contributed by atoms with Crippen molar-refractivity contribution < 1.29 is 0 Å². The molecule has 0 aliphatic carbocycles. The molecule has 1 rings (SSSR count). The molecule has 0 spiro atoms. The summed E-state index contributed by atoms with van der Waals surface area (Å²) < 4.78 is 0. The fourth-order valence-electron chi connectivity index (χ4n) is 2.13. The Balaban J connectivity index is 2.82. The Morgan fingerprint density at radius 1 is 1.06 bits per heavy atom. The summed E-state index contributed by atoms with van der Waals surface area (Å²) in [5.41, 5.74) is 6.20. The number of rotatable bonds is 4. The Kier molecular flexibility index (Phi) is 4.61. The zero-order valence-electron chi connectivity index (χ0n) is 11.2. The van der Waals surface area contributed by atoms with E-state index in [1.165, 1.54) is 29.5 Å². The number of halogens is 1. The first-order valence-electron chi connectivity index (χ1n) is 5.98. The summed E-state index contributed by atoms with van der Waals surface area (Å²) in [4.78, 5) is 0. The average Bonchev–Trinajstić information content (AvgIpc) is 2.16. The smallest absolute Gasteiger partial charge is 0.00828 e. The standard InChI is InChI=1S/C15H23Br/c1-11-8-12(2)14(13(3)9-11)6-7-15(4,5)10-16/h8-9H,6-7,10H2,1-5H3. The van der Waals surface area contributed by atoms with Crippen LogP contribution in [0.2, 0.25) is 0 Å². The molecular formula is C15H23Br. The molecule has 0 aliphatic heterocycles. The average molecular weight is 283 g/mol. The lowest BCUT2D eigenvalue weighted by Crippen LogP contribution is -2.14. The highest BCUT2D eigenvalue weighted by Gasteiger charge is 2.16. The normalized spacial score (nSPS) is 11.9. The van der Waals surface area contributed by atoms with Crippen molar-refractivity contribution in [3.63, 3.8) is 0 Å². The van der Waals surface area contributed by atoms with Crippen molar-refractivity contribution in [2.45, 2.75) is 47.5 Å². The van der Waals surface area contributed by atoms with Crippen LogP contribution < -0.4 is 0 Å². The van der Waals surface area contributed by atoms with Crippen molar-refractivity contribution in [2.24, 2.45) is 5.41 Å². The number of benzene rings is 1. The van der Waals surface area contributed by atoms with Crippen LogP contribution in [0.1, 0.15) is 42.5 Å². The van der Waals surface area contributed by atoms with E-state index in [0.717, 1.165) is 5.33 Å². The maximum absolute atomic E-state index is 3.59. The van der Waals surface area contributed by atoms with E-state index >= 15 is 0 Å². The molecule has 1 heteroatoms. The van der Waals surface area contributed by atoms with Crippen LogP contribution in [0.3, 0.4) is 0 Å². The topological polar surface area (TPSA) is 0 Å². The molecular weight excluding hydrogens is 260 g/mol. The van der Waals surface area contributed by atoms with Gasteiger partial charge in [-0.05, 0) is 55.7 Å². The molecule has 0 aromatic heterocycles. The number of aryl methyl sites for hydroxylation is 3. The van der Waals surface area contributed by atoms with Gasteiger partial charge in [0.2, 0.25) is 0 Å². The Morgan fingerprint density at radius 2 is 1.56 bits per heavy atom. The van der Waals surface area contributed by atoms with Crippen molar-refractivity contribution >= 4 is 15.9 Å². The van der Waals surface area contributed by atoms with Gasteiger partial charge in [-0.3, -0.25) is 0 Å². The molecule has 0 aliphatic rings. The van der Waals surface area contributed by atoms with E-state index in [2.05, 4.69) is 62.7 Å². The van der Waals surface area contributed by atoms with E-state index in [0.29, 0.717) is 5.41 Å². The summed E-state index contributed by atoms with van der Waals surface area (Å²) in [7, 11) is 0. The van der Waals surface area contributed by atoms with Crippen LogP contribution in [0.4, 0.5) is 0 Å². The van der Waals surface area contributed by atoms with Gasteiger partial charge in [0, 0.05) is 5.33 Å². The van der Waals surface area contributed by atoms with Gasteiger partial charge in [0.15, 0.2) is 0 Å². The van der Waals surface area contributed by atoms with Gasteiger partial charge in [-0.2, -0.15) is 0 Å². The fourth-order valence-corrected chi connectivity index (χ4v) is 2.41. The molecule has 90 valence electrons. The second-order valence-electron chi connectivity index (χ2n) is 5.68. The maximum Gasteiger partial charge on any atom is 0.00828 e. The summed E-state index contributed by atoms with van der Waals surface area (Å²) in [6.45, 7) is 11.3. The number of alkyl halides is 1. The largest absolute Gasteiger partial charge is 0.0922 e. The first kappa shape index (κ1) is 13.8. The molecule has 0 saturated heterocycles. The minimum atomic E-state index is 0.393. The Hall–Kier alpha value is -0.300. The molecule has 16 heavy (non-hydrogen) atoms. The molecule has 1 aromatic rings. The summed E-state index contributed by atoms with van der Waals surface area (Å²) in [6, 6.07) is 4.59. The van der Waals surface area contributed by atoms with E-state index in [1.807, 2.05) is 0 Å². The van der Waals surface area contributed by atoms with Crippen LogP contribution in [-0.4, -0.2) is 5.33 Å². The highest BCUT2D eigenvalue weighted by atomic mass is 79.9. The Labute approximate surface area is 109 Å². The van der Waals surface area contributed by atoms with E-state index in [4.69, 9.17) is 0 Å². The number of hydrogen-bond donors (Lipinski definition) is 0. The van der Waals surface area contributed by atoms with Crippen LogP contribution >= 0.6 is 15.9 Å². The zero-order chi connectivity index (χ0) is 12.3. The van der Waals surface area contributed by atoms with Gasteiger partial charge in [-0.25, -0.2) is 0 Å². The maximum atomic E-state index is 3.59. The van der Waals surface area contributed by atoms with Crippen LogP contribution in [0.5, 0.6) is 0 Å². The molecule has 0 nitrogen and oxygen atoms in total. The first-order chi connectivity index (χ1) is 7.35. The van der Waals surface area contributed by atoms with Gasteiger partial charge in [-0.15, -0.1) is 0 Å². The van der Waals surface area contributed by atoms with Crippen molar-refractivity contribution in [2.75, 3.05) is 5.33 Å². The molecule has 1 aromatic carbocycles. The molecule has 0 radical (unpaired) electrons. The van der Waals surface area contributed by atoms with Crippen LogP contribution in [-0.2, 0) is 6.42 Å². The Morgan fingerprint density at radius 3 is 2.00 bits per heavy atom. The lowest BCUT2D eigenvalue weighted by atomic mass is 9.86. The second-order valence-corrected chi connectivity index (χ2v) is 6.24.